The molecule has 0 amide bonds. The highest BCUT2D eigenvalue weighted by molar-refractivity contribution is 5.78. The van der Waals surface area contributed by atoms with Crippen LogP contribution in [0.5, 0.6) is 5.75 Å². The van der Waals surface area contributed by atoms with Gasteiger partial charge >= 0.3 is 5.97 Å². The molecule has 1 saturated carbocycles. The van der Waals surface area contributed by atoms with Crippen molar-refractivity contribution in [3.63, 3.8) is 0 Å². The fraction of sp³-hybridized carbons (Fsp3) is 0.528. The largest absolute Gasteiger partial charge is 0.493 e. The second-order valence-corrected chi connectivity index (χ2v) is 18.0. The summed E-state index contributed by atoms with van der Waals surface area (Å²) in [6.45, 7) is 14.7. The van der Waals surface area contributed by atoms with E-state index in [2.05, 4.69) is 93.6 Å². The fourth-order valence-electron chi connectivity index (χ4n) is 8.64. The molecule has 0 heterocycles. The molecule has 4 aromatic carbocycles. The average molecular weight is 789 g/mol. The highest BCUT2D eigenvalue weighted by Crippen LogP contribution is 2.40. The topological polar surface area (TPSA) is 76.0 Å². The van der Waals surface area contributed by atoms with Crippen LogP contribution in [0.1, 0.15) is 141 Å². The maximum Gasteiger partial charge on any atom is 0.311 e. The van der Waals surface area contributed by atoms with Gasteiger partial charge in [0.15, 0.2) is 0 Å². The van der Waals surface area contributed by atoms with E-state index in [4.69, 9.17) is 9.47 Å². The van der Waals surface area contributed by atoms with Crippen LogP contribution in [0.15, 0.2) is 78.9 Å². The molecular formula is C53H72O5. The van der Waals surface area contributed by atoms with Crippen molar-refractivity contribution in [1.82, 2.24) is 0 Å². The van der Waals surface area contributed by atoms with Crippen LogP contribution in [0.2, 0.25) is 0 Å². The summed E-state index contributed by atoms with van der Waals surface area (Å²) in [4.78, 5) is 12.6. The second-order valence-electron chi connectivity index (χ2n) is 18.0. The van der Waals surface area contributed by atoms with E-state index in [0.717, 1.165) is 35.6 Å². The minimum Gasteiger partial charge on any atom is -0.493 e. The fourth-order valence-corrected chi connectivity index (χ4v) is 8.64. The van der Waals surface area contributed by atoms with Gasteiger partial charge < -0.3 is 19.7 Å². The second kappa shape index (κ2) is 21.4. The number of ether oxygens (including phenoxy) is 2. The Kier molecular flexibility index (Phi) is 16.6. The van der Waals surface area contributed by atoms with Crippen molar-refractivity contribution in [3.05, 3.63) is 101 Å². The van der Waals surface area contributed by atoms with Gasteiger partial charge in [0.05, 0.1) is 31.8 Å². The number of hydrogen-bond acceptors (Lipinski definition) is 5. The molecule has 314 valence electrons. The molecule has 58 heavy (non-hydrogen) atoms. The molecule has 5 heteroatoms. The molecule has 4 aromatic rings. The number of rotatable bonds is 20. The molecule has 0 spiro atoms. The highest BCUT2D eigenvalue weighted by atomic mass is 16.5. The molecule has 0 radical (unpaired) electrons. The third kappa shape index (κ3) is 11.6. The van der Waals surface area contributed by atoms with E-state index in [0.29, 0.717) is 31.8 Å². The standard InChI is InChI=1S/C53H72O5/c1-8-12-13-14-38-15-17-41(18-16-38)42-19-21-43(22-20-42)48-26-23-44(33-39(48)9-2)45-24-27-49(40(10-3)34-45)46-25-28-50(57-32-30-53(11-4,36-54)37-55)47(35-46)29-31-58-51(56)52(5,6)7/h19-28,33-35,38,41,54-55H,8-18,29-32,36-37H2,1-7H3. The lowest BCUT2D eigenvalue weighted by molar-refractivity contribution is -0.152. The average Bonchev–Trinajstić information content (AvgIpc) is 3.25. The van der Waals surface area contributed by atoms with E-state index in [1.807, 2.05) is 33.8 Å². The molecule has 0 aromatic heterocycles. The molecule has 5 nitrogen and oxygen atoms in total. The van der Waals surface area contributed by atoms with E-state index in [1.54, 1.807) is 0 Å². The molecule has 0 saturated heterocycles. The number of aryl methyl sites for hydroxylation is 2. The Morgan fingerprint density at radius 2 is 1.24 bits per heavy atom. The van der Waals surface area contributed by atoms with Crippen molar-refractivity contribution in [2.24, 2.45) is 16.7 Å². The molecule has 0 aliphatic heterocycles. The van der Waals surface area contributed by atoms with Gasteiger partial charge in [-0.1, -0.05) is 120 Å². The van der Waals surface area contributed by atoms with E-state index >= 15 is 0 Å². The highest BCUT2D eigenvalue weighted by Gasteiger charge is 2.27. The lowest BCUT2D eigenvalue weighted by atomic mass is 9.77. The molecule has 1 aliphatic rings. The Morgan fingerprint density at radius 3 is 1.79 bits per heavy atom. The molecule has 2 N–H and O–H groups in total. The maximum absolute atomic E-state index is 12.6. The van der Waals surface area contributed by atoms with Gasteiger partial charge in [0.25, 0.3) is 0 Å². The number of esters is 1. The third-order valence-corrected chi connectivity index (χ3v) is 13.0. The zero-order valence-electron chi connectivity index (χ0n) is 36.8. The van der Waals surface area contributed by atoms with Crippen molar-refractivity contribution in [3.8, 4) is 39.1 Å². The van der Waals surface area contributed by atoms with E-state index in [9.17, 15) is 15.0 Å². The summed E-state index contributed by atoms with van der Waals surface area (Å²) in [5.74, 6) is 2.14. The molecule has 0 atom stereocenters. The zero-order valence-corrected chi connectivity index (χ0v) is 36.8. The van der Waals surface area contributed by atoms with Crippen LogP contribution in [0.25, 0.3) is 33.4 Å². The summed E-state index contributed by atoms with van der Waals surface area (Å²) in [5, 5.41) is 19.9. The smallest absolute Gasteiger partial charge is 0.311 e. The van der Waals surface area contributed by atoms with Crippen LogP contribution in [-0.4, -0.2) is 42.6 Å². The van der Waals surface area contributed by atoms with Gasteiger partial charge in [-0.2, -0.15) is 0 Å². The minimum absolute atomic E-state index is 0.0918. The van der Waals surface area contributed by atoms with Crippen LogP contribution < -0.4 is 4.74 Å². The summed E-state index contributed by atoms with van der Waals surface area (Å²) in [6, 6.07) is 29.5. The Bertz CT molecular complexity index is 1880. The Balaban J connectivity index is 1.33. The number of unbranched alkanes of at least 4 members (excludes halogenated alkanes) is 2. The lowest BCUT2D eigenvalue weighted by Gasteiger charge is -2.29. The SMILES string of the molecule is CCCCCC1CCC(c2ccc(-c3ccc(-c4ccc(-c5ccc(OCCC(CC)(CO)CO)c(CCOC(=O)C(C)(C)C)c5)c(CC)c4)cc3CC)cc2)CC1. The van der Waals surface area contributed by atoms with Crippen molar-refractivity contribution < 1.29 is 24.5 Å². The molecular weight excluding hydrogens is 717 g/mol. The predicted octanol–water partition coefficient (Wildman–Crippen LogP) is 12.9. The van der Waals surface area contributed by atoms with Gasteiger partial charge in [-0.25, -0.2) is 0 Å². The third-order valence-electron chi connectivity index (χ3n) is 13.0. The number of aliphatic hydroxyl groups excluding tert-OH is 2. The van der Waals surface area contributed by atoms with E-state index in [1.165, 1.54) is 95.9 Å². The Morgan fingerprint density at radius 1 is 0.672 bits per heavy atom. The first-order valence-electron chi connectivity index (χ1n) is 22.5. The van der Waals surface area contributed by atoms with Crippen LogP contribution in [0.3, 0.4) is 0 Å². The maximum atomic E-state index is 12.6. The summed E-state index contributed by atoms with van der Waals surface area (Å²) in [5.41, 5.74) is 11.3. The summed E-state index contributed by atoms with van der Waals surface area (Å²) < 4.78 is 12.0. The van der Waals surface area contributed by atoms with Crippen LogP contribution in [-0.2, 0) is 28.8 Å². The monoisotopic (exact) mass is 789 g/mol. The van der Waals surface area contributed by atoms with Crippen LogP contribution >= 0.6 is 0 Å². The van der Waals surface area contributed by atoms with Gasteiger partial charge in [0, 0.05) is 11.8 Å². The molecule has 0 unspecified atom stereocenters. The first kappa shape index (κ1) is 45.2. The van der Waals surface area contributed by atoms with Gasteiger partial charge in [-0.15, -0.1) is 0 Å². The molecule has 1 fully saturated rings. The van der Waals surface area contributed by atoms with Gasteiger partial charge in [0.2, 0.25) is 0 Å². The zero-order chi connectivity index (χ0) is 41.7. The predicted molar refractivity (Wildman–Crippen MR) is 241 cm³/mol. The first-order valence-corrected chi connectivity index (χ1v) is 22.5. The first-order chi connectivity index (χ1) is 28.0. The lowest BCUT2D eigenvalue weighted by Crippen LogP contribution is -2.31. The van der Waals surface area contributed by atoms with Crippen molar-refractivity contribution >= 4 is 5.97 Å². The van der Waals surface area contributed by atoms with Crippen LogP contribution in [0, 0.1) is 16.7 Å². The van der Waals surface area contributed by atoms with E-state index < -0.39 is 10.8 Å². The Hall–Kier alpha value is -3.93. The normalized spacial score (nSPS) is 16.0. The van der Waals surface area contributed by atoms with Crippen molar-refractivity contribution in [2.75, 3.05) is 26.4 Å². The Labute approximate surface area is 350 Å². The van der Waals surface area contributed by atoms with Gasteiger partial charge in [-0.05, 0) is 152 Å². The molecule has 1 aliphatic carbocycles. The van der Waals surface area contributed by atoms with Crippen molar-refractivity contribution in [2.45, 2.75) is 138 Å². The number of aliphatic hydroxyl groups is 2. The summed E-state index contributed by atoms with van der Waals surface area (Å²) in [6.07, 6.45) is 14.5. The summed E-state index contributed by atoms with van der Waals surface area (Å²) >= 11 is 0. The number of carbonyl (C=O) groups is 1. The van der Waals surface area contributed by atoms with Gasteiger partial charge in [0.1, 0.15) is 5.75 Å². The molecule has 5 rings (SSSR count). The quantitative estimate of drug-likeness (QED) is 0.0689. The summed E-state index contributed by atoms with van der Waals surface area (Å²) in [7, 11) is 0. The van der Waals surface area contributed by atoms with Crippen LogP contribution in [0.4, 0.5) is 0 Å². The van der Waals surface area contributed by atoms with E-state index in [-0.39, 0.29) is 25.8 Å². The number of carbonyl (C=O) groups excluding carboxylic acids is 1. The van der Waals surface area contributed by atoms with Gasteiger partial charge in [-0.3, -0.25) is 4.79 Å². The number of benzene rings is 4. The minimum atomic E-state index is -0.576. The number of hydrogen-bond donors (Lipinski definition) is 2. The molecule has 0 bridgehead atoms. The van der Waals surface area contributed by atoms with Crippen molar-refractivity contribution in [1.29, 1.82) is 0 Å².